The van der Waals surface area contributed by atoms with Crippen LogP contribution in [0.3, 0.4) is 0 Å². The molecule has 7 nitrogen and oxygen atoms in total. The number of carbonyl (C=O) groups is 1. The van der Waals surface area contributed by atoms with Gasteiger partial charge in [0, 0.05) is 24.0 Å². The topological polar surface area (TPSA) is 77.1 Å². The highest BCUT2D eigenvalue weighted by atomic mass is 32.2. The van der Waals surface area contributed by atoms with Gasteiger partial charge in [0.15, 0.2) is 16.6 Å². The zero-order chi connectivity index (χ0) is 19.3. The van der Waals surface area contributed by atoms with Crippen molar-refractivity contribution in [1.29, 1.82) is 0 Å². The molecule has 4 aromatic rings. The first-order valence-electron chi connectivity index (χ1n) is 8.90. The Kier molecular flexibility index (Phi) is 5.73. The molecule has 0 aromatic carbocycles. The van der Waals surface area contributed by atoms with Crippen molar-refractivity contribution in [3.63, 3.8) is 0 Å². The minimum Gasteiger partial charge on any atom is -0.346 e. The highest BCUT2D eigenvalue weighted by Crippen LogP contribution is 2.19. The van der Waals surface area contributed by atoms with E-state index in [9.17, 15) is 4.79 Å². The van der Waals surface area contributed by atoms with E-state index in [1.807, 2.05) is 63.3 Å². The number of hydrogen-bond donors (Lipinski definition) is 1. The van der Waals surface area contributed by atoms with E-state index in [1.54, 1.807) is 11.8 Å². The average Bonchev–Trinajstić information content (AvgIpc) is 3.44. The molecular formula is C19H20N6OS2. The van der Waals surface area contributed by atoms with Crippen LogP contribution >= 0.6 is 23.1 Å². The first-order valence-corrected chi connectivity index (χ1v) is 11.2. The van der Waals surface area contributed by atoms with Crippen molar-refractivity contribution in [1.82, 2.24) is 29.5 Å². The van der Waals surface area contributed by atoms with Gasteiger partial charge in [0.25, 0.3) is 0 Å². The normalized spacial score (nSPS) is 12.3. The van der Waals surface area contributed by atoms with Crippen molar-refractivity contribution in [3.05, 3.63) is 65.8 Å². The predicted molar refractivity (Wildman–Crippen MR) is 112 cm³/mol. The zero-order valence-corrected chi connectivity index (χ0v) is 17.0. The quantitative estimate of drug-likeness (QED) is 0.481. The molecule has 0 aliphatic heterocycles. The number of thioether (sulfide) groups is 1. The van der Waals surface area contributed by atoms with Crippen LogP contribution in [-0.4, -0.2) is 42.1 Å². The molecule has 0 fully saturated rings. The molecule has 0 aliphatic carbocycles. The summed E-state index contributed by atoms with van der Waals surface area (Å²) in [6, 6.07) is 9.47. The molecular weight excluding hydrogens is 392 g/mol. The molecule has 9 heteroatoms. The van der Waals surface area contributed by atoms with Crippen LogP contribution < -0.4 is 5.32 Å². The molecule has 0 spiro atoms. The zero-order valence-electron chi connectivity index (χ0n) is 15.4. The average molecular weight is 413 g/mol. The van der Waals surface area contributed by atoms with Gasteiger partial charge in [0.1, 0.15) is 0 Å². The largest absolute Gasteiger partial charge is 0.346 e. The number of nitrogens with one attached hydrogen (secondary N) is 1. The van der Waals surface area contributed by atoms with Crippen LogP contribution in [0.5, 0.6) is 0 Å². The number of hydrogen-bond acceptors (Lipinski definition) is 6. The number of rotatable bonds is 8. The number of thiazole rings is 1. The fraction of sp³-hybridized carbons (Fsp3) is 0.263. The first-order chi connectivity index (χ1) is 13.7. The summed E-state index contributed by atoms with van der Waals surface area (Å²) >= 11 is 3.27. The van der Waals surface area contributed by atoms with Crippen LogP contribution in [0, 0.1) is 0 Å². The highest BCUT2D eigenvalue weighted by Gasteiger charge is 2.20. The van der Waals surface area contributed by atoms with Gasteiger partial charge in [-0.05, 0) is 42.7 Å². The van der Waals surface area contributed by atoms with Crippen molar-refractivity contribution >= 4 is 34.7 Å². The van der Waals surface area contributed by atoms with Crippen molar-refractivity contribution in [2.75, 3.05) is 12.0 Å². The smallest absolute Gasteiger partial charge is 0.226 e. The molecule has 4 rings (SSSR count). The molecule has 4 aromatic heterocycles. The van der Waals surface area contributed by atoms with Gasteiger partial charge in [0.2, 0.25) is 5.91 Å². The van der Waals surface area contributed by atoms with Crippen molar-refractivity contribution in [3.8, 4) is 5.13 Å². The van der Waals surface area contributed by atoms with Crippen LogP contribution in [0.4, 0.5) is 0 Å². The lowest BCUT2D eigenvalue weighted by molar-refractivity contribution is -0.121. The van der Waals surface area contributed by atoms with Gasteiger partial charge in [-0.1, -0.05) is 6.07 Å². The van der Waals surface area contributed by atoms with Crippen LogP contribution in [0.15, 0.2) is 54.3 Å². The summed E-state index contributed by atoms with van der Waals surface area (Å²) in [5.74, 6) is 1.61. The number of amides is 1. The maximum Gasteiger partial charge on any atom is 0.226 e. The second-order valence-corrected chi connectivity index (χ2v) is 8.10. The lowest BCUT2D eigenvalue weighted by Crippen LogP contribution is -2.31. The number of aromatic nitrogens is 5. The lowest BCUT2D eigenvalue weighted by atomic mass is 10.2. The van der Waals surface area contributed by atoms with E-state index in [0.717, 1.165) is 34.5 Å². The van der Waals surface area contributed by atoms with Crippen molar-refractivity contribution in [2.45, 2.75) is 18.9 Å². The minimum absolute atomic E-state index is 0.0665. The van der Waals surface area contributed by atoms with E-state index < -0.39 is 0 Å². The molecule has 28 heavy (non-hydrogen) atoms. The van der Waals surface area contributed by atoms with Crippen molar-refractivity contribution < 1.29 is 4.79 Å². The maximum absolute atomic E-state index is 12.7. The van der Waals surface area contributed by atoms with Gasteiger partial charge in [0.05, 0.1) is 18.2 Å². The second kappa shape index (κ2) is 8.57. The van der Waals surface area contributed by atoms with Crippen LogP contribution in [0.2, 0.25) is 0 Å². The highest BCUT2D eigenvalue weighted by molar-refractivity contribution is 7.98. The molecule has 1 atom stereocenters. The summed E-state index contributed by atoms with van der Waals surface area (Å²) < 4.78 is 3.87. The fourth-order valence-electron chi connectivity index (χ4n) is 2.97. The Labute approximate surface area is 170 Å². The molecule has 4 heterocycles. The second-order valence-electron chi connectivity index (χ2n) is 6.28. The molecule has 144 valence electrons. The summed E-state index contributed by atoms with van der Waals surface area (Å²) in [6.07, 6.45) is 8.89. The molecule has 1 amide bonds. The molecule has 1 N–H and O–H groups in total. The van der Waals surface area contributed by atoms with Crippen LogP contribution in [0.25, 0.3) is 10.8 Å². The Hall–Kier alpha value is -2.65. The molecule has 0 radical (unpaired) electrons. The number of carbonyl (C=O) groups excluding carboxylic acids is 1. The molecule has 0 aliphatic rings. The van der Waals surface area contributed by atoms with Gasteiger partial charge >= 0.3 is 0 Å². The van der Waals surface area contributed by atoms with Crippen molar-refractivity contribution in [2.24, 2.45) is 0 Å². The Morgan fingerprint density at radius 2 is 2.04 bits per heavy atom. The number of nitrogens with zero attached hydrogens (tertiary/aromatic N) is 5. The Morgan fingerprint density at radius 3 is 2.86 bits per heavy atom. The predicted octanol–water partition coefficient (Wildman–Crippen LogP) is 3.13. The molecule has 0 unspecified atom stereocenters. The van der Waals surface area contributed by atoms with Crippen LogP contribution in [-0.2, 0) is 11.2 Å². The first kappa shape index (κ1) is 18.7. The third-order valence-corrected chi connectivity index (χ3v) is 5.85. The number of pyridine rings is 1. The Bertz CT molecular complexity index is 1060. The van der Waals surface area contributed by atoms with E-state index >= 15 is 0 Å². The number of fused-ring (bicyclic) bond motifs is 1. The monoisotopic (exact) mass is 412 g/mol. The van der Waals surface area contributed by atoms with Gasteiger partial charge in [-0.25, -0.2) is 4.98 Å². The van der Waals surface area contributed by atoms with E-state index in [4.69, 9.17) is 0 Å². The van der Waals surface area contributed by atoms with Gasteiger partial charge < -0.3 is 9.88 Å². The van der Waals surface area contributed by atoms with Gasteiger partial charge in [-0.15, -0.1) is 21.5 Å². The molecule has 0 saturated carbocycles. The minimum atomic E-state index is -0.195. The maximum atomic E-state index is 12.7. The third kappa shape index (κ3) is 4.10. The third-order valence-electron chi connectivity index (χ3n) is 4.30. The molecule has 0 saturated heterocycles. The van der Waals surface area contributed by atoms with Gasteiger partial charge in [-0.3, -0.25) is 9.20 Å². The van der Waals surface area contributed by atoms with Crippen LogP contribution in [0.1, 0.15) is 24.0 Å². The summed E-state index contributed by atoms with van der Waals surface area (Å²) in [5.41, 5.74) is 1.54. The fourth-order valence-corrected chi connectivity index (χ4v) is 4.23. The lowest BCUT2D eigenvalue weighted by Gasteiger charge is -2.16. The standard InChI is InChI=1S/C19H20N6OS2/c1-27-11-7-15(18-23-22-16-6-2-3-10-25(16)18)21-17(26)12-14-13-28-19(20-14)24-8-4-5-9-24/h2-6,8-10,13,15H,7,11-12H2,1H3,(H,21,26)/t15-/m0/s1. The summed E-state index contributed by atoms with van der Waals surface area (Å²) in [7, 11) is 0. The SMILES string of the molecule is CSCC[C@H](NC(=O)Cc1csc(-n2cccc2)n1)c1nnc2ccccn12. The van der Waals surface area contributed by atoms with E-state index in [-0.39, 0.29) is 18.4 Å². The Balaban J connectivity index is 1.48. The summed E-state index contributed by atoms with van der Waals surface area (Å²) in [5, 5.41) is 14.4. The van der Waals surface area contributed by atoms with E-state index in [1.165, 1.54) is 11.3 Å². The summed E-state index contributed by atoms with van der Waals surface area (Å²) in [6.45, 7) is 0. The van der Waals surface area contributed by atoms with Gasteiger partial charge in [-0.2, -0.15) is 11.8 Å². The van der Waals surface area contributed by atoms with E-state index in [0.29, 0.717) is 0 Å². The Morgan fingerprint density at radius 1 is 1.21 bits per heavy atom. The van der Waals surface area contributed by atoms with E-state index in [2.05, 4.69) is 26.8 Å². The molecule has 0 bridgehead atoms. The summed E-state index contributed by atoms with van der Waals surface area (Å²) in [4.78, 5) is 17.3.